The topological polar surface area (TPSA) is 73.4 Å². The van der Waals surface area contributed by atoms with Crippen LogP contribution in [0.2, 0.25) is 0 Å². The number of anilines is 1. The van der Waals surface area contributed by atoms with Gasteiger partial charge in [0.25, 0.3) is 0 Å². The Balaban J connectivity index is 1.56. The van der Waals surface area contributed by atoms with E-state index in [4.69, 9.17) is 9.97 Å². The number of amides is 1. The maximum Gasteiger partial charge on any atom is 0.223 e. The third-order valence-electron chi connectivity index (χ3n) is 7.37. The first kappa shape index (κ1) is 23.4. The average Bonchev–Trinajstić information content (AvgIpc) is 2.70. The lowest BCUT2D eigenvalue weighted by Crippen LogP contribution is -2.58. The van der Waals surface area contributed by atoms with Crippen molar-refractivity contribution in [2.24, 2.45) is 5.92 Å². The first-order chi connectivity index (χ1) is 15.1. The number of piperidine rings is 2. The molecule has 7 nitrogen and oxygen atoms in total. The quantitative estimate of drug-likeness (QED) is 0.743. The molecular weight excluding hydrogens is 400 g/mol. The number of nitrogens with one attached hydrogen (secondary N) is 2. The molecule has 1 atom stereocenters. The number of likely N-dealkylation sites (tertiary alicyclic amines) is 1. The molecule has 2 saturated heterocycles. The summed E-state index contributed by atoms with van der Waals surface area (Å²) in [6, 6.07) is -0.0105. The Bertz CT molecular complexity index is 835. The highest BCUT2D eigenvalue weighted by Crippen LogP contribution is 2.37. The molecular formula is C25H42N6O. The SMILES string of the molecule is CNc1nc(C2CCCCN2C(=O)CC2CC(C)(C)NC(C)(C)C2)nc2c1CCN(C)C2. The zero-order valence-corrected chi connectivity index (χ0v) is 20.9. The van der Waals surface area contributed by atoms with Crippen LogP contribution in [-0.2, 0) is 17.8 Å². The predicted octanol–water partition coefficient (Wildman–Crippen LogP) is 3.51. The van der Waals surface area contributed by atoms with Crippen molar-refractivity contribution < 1.29 is 4.79 Å². The van der Waals surface area contributed by atoms with Crippen LogP contribution in [0.4, 0.5) is 5.82 Å². The maximum atomic E-state index is 13.6. The minimum absolute atomic E-state index is 0.0105. The third-order valence-corrected chi connectivity index (χ3v) is 7.37. The molecule has 0 aromatic carbocycles. The van der Waals surface area contributed by atoms with E-state index < -0.39 is 0 Å². The number of hydrogen-bond acceptors (Lipinski definition) is 6. The Kier molecular flexibility index (Phi) is 6.52. The van der Waals surface area contributed by atoms with Gasteiger partial charge in [0.2, 0.25) is 5.91 Å². The lowest BCUT2D eigenvalue weighted by molar-refractivity contribution is -0.137. The molecule has 0 bridgehead atoms. The summed E-state index contributed by atoms with van der Waals surface area (Å²) in [6.07, 6.45) is 6.80. The van der Waals surface area contributed by atoms with E-state index in [1.807, 2.05) is 7.05 Å². The van der Waals surface area contributed by atoms with E-state index in [-0.39, 0.29) is 23.0 Å². The molecule has 2 fully saturated rings. The smallest absolute Gasteiger partial charge is 0.223 e. The van der Waals surface area contributed by atoms with Crippen molar-refractivity contribution in [1.82, 2.24) is 25.1 Å². The fraction of sp³-hybridized carbons (Fsp3) is 0.800. The van der Waals surface area contributed by atoms with Gasteiger partial charge in [0.15, 0.2) is 5.82 Å². The minimum atomic E-state index is -0.0105. The summed E-state index contributed by atoms with van der Waals surface area (Å²) >= 11 is 0. The van der Waals surface area contributed by atoms with Crippen LogP contribution in [0, 0.1) is 5.92 Å². The molecule has 2 N–H and O–H groups in total. The average molecular weight is 443 g/mol. The first-order valence-corrected chi connectivity index (χ1v) is 12.4. The molecule has 0 radical (unpaired) electrons. The van der Waals surface area contributed by atoms with Gasteiger partial charge in [-0.3, -0.25) is 4.79 Å². The summed E-state index contributed by atoms with van der Waals surface area (Å²) in [5.41, 5.74) is 2.47. The van der Waals surface area contributed by atoms with E-state index in [0.717, 1.165) is 75.5 Å². The van der Waals surface area contributed by atoms with Gasteiger partial charge in [0.05, 0.1) is 11.7 Å². The van der Waals surface area contributed by atoms with E-state index in [1.165, 1.54) is 5.56 Å². The lowest BCUT2D eigenvalue weighted by Gasteiger charge is -2.47. The Morgan fingerprint density at radius 1 is 1.12 bits per heavy atom. The summed E-state index contributed by atoms with van der Waals surface area (Å²) in [7, 11) is 4.08. The summed E-state index contributed by atoms with van der Waals surface area (Å²) in [4.78, 5) is 28.0. The highest BCUT2D eigenvalue weighted by atomic mass is 16.2. The molecule has 1 aromatic heterocycles. The molecule has 4 rings (SSSR count). The van der Waals surface area contributed by atoms with Gasteiger partial charge in [-0.05, 0) is 79.2 Å². The Hall–Kier alpha value is -1.73. The van der Waals surface area contributed by atoms with Gasteiger partial charge >= 0.3 is 0 Å². The number of fused-ring (bicyclic) bond motifs is 1. The van der Waals surface area contributed by atoms with E-state index in [2.05, 4.69) is 55.2 Å². The minimum Gasteiger partial charge on any atom is -0.373 e. The molecule has 4 heterocycles. The lowest BCUT2D eigenvalue weighted by atomic mass is 9.74. The molecule has 0 spiro atoms. The highest BCUT2D eigenvalue weighted by molar-refractivity contribution is 5.77. The van der Waals surface area contributed by atoms with Gasteiger partial charge in [-0.15, -0.1) is 0 Å². The standard InChI is InChI=1S/C25H42N6O/c1-24(2)14-17(15-25(3,4)29-24)13-21(32)31-11-8-7-9-20(31)23-27-19-16-30(6)12-10-18(19)22(26-5)28-23/h17,20,29H,7-16H2,1-6H3,(H,26,27,28). The van der Waals surface area contributed by atoms with Gasteiger partial charge in [0, 0.05) is 49.7 Å². The molecule has 178 valence electrons. The normalized spacial score (nSPS) is 25.9. The second-order valence-corrected chi connectivity index (χ2v) is 11.6. The van der Waals surface area contributed by atoms with Gasteiger partial charge in [-0.25, -0.2) is 9.97 Å². The largest absolute Gasteiger partial charge is 0.373 e. The van der Waals surface area contributed by atoms with E-state index in [1.54, 1.807) is 0 Å². The first-order valence-electron chi connectivity index (χ1n) is 12.4. The molecule has 7 heteroatoms. The second kappa shape index (κ2) is 8.90. The number of aromatic nitrogens is 2. The van der Waals surface area contributed by atoms with Crippen LogP contribution in [0.1, 0.15) is 89.3 Å². The Labute approximate surface area is 193 Å². The van der Waals surface area contributed by atoms with Crippen LogP contribution in [0.3, 0.4) is 0 Å². The Morgan fingerprint density at radius 2 is 1.84 bits per heavy atom. The zero-order valence-electron chi connectivity index (χ0n) is 20.9. The number of rotatable bonds is 4. The van der Waals surface area contributed by atoms with Gasteiger partial charge in [-0.2, -0.15) is 0 Å². The third kappa shape index (κ3) is 5.09. The van der Waals surface area contributed by atoms with Crippen LogP contribution in [0.5, 0.6) is 0 Å². The zero-order chi connectivity index (χ0) is 23.1. The number of hydrogen-bond donors (Lipinski definition) is 2. The van der Waals surface area contributed by atoms with Crippen LogP contribution < -0.4 is 10.6 Å². The summed E-state index contributed by atoms with van der Waals surface area (Å²) in [5.74, 6) is 2.44. The van der Waals surface area contributed by atoms with Gasteiger partial charge < -0.3 is 20.4 Å². The number of carbonyl (C=O) groups is 1. The van der Waals surface area contributed by atoms with E-state index in [0.29, 0.717) is 12.3 Å². The van der Waals surface area contributed by atoms with Crippen molar-refractivity contribution in [2.45, 2.75) is 96.3 Å². The molecule has 1 unspecified atom stereocenters. The molecule has 0 saturated carbocycles. The van der Waals surface area contributed by atoms with Crippen LogP contribution in [-0.4, -0.2) is 63.9 Å². The second-order valence-electron chi connectivity index (χ2n) is 11.6. The van der Waals surface area contributed by atoms with E-state index >= 15 is 0 Å². The molecule has 0 aliphatic carbocycles. The van der Waals surface area contributed by atoms with Crippen molar-refractivity contribution in [3.8, 4) is 0 Å². The monoisotopic (exact) mass is 442 g/mol. The number of nitrogens with zero attached hydrogens (tertiary/aromatic N) is 4. The van der Waals surface area contributed by atoms with Crippen molar-refractivity contribution in [3.63, 3.8) is 0 Å². The van der Waals surface area contributed by atoms with Gasteiger partial charge in [0.1, 0.15) is 5.82 Å². The Morgan fingerprint density at radius 3 is 2.53 bits per heavy atom. The van der Waals surface area contributed by atoms with Crippen LogP contribution >= 0.6 is 0 Å². The number of carbonyl (C=O) groups excluding carboxylic acids is 1. The molecule has 3 aliphatic heterocycles. The van der Waals surface area contributed by atoms with Crippen molar-refractivity contribution >= 4 is 11.7 Å². The summed E-state index contributed by atoms with van der Waals surface area (Å²) < 4.78 is 0. The van der Waals surface area contributed by atoms with Gasteiger partial charge in [-0.1, -0.05) is 0 Å². The van der Waals surface area contributed by atoms with Crippen LogP contribution in [0.15, 0.2) is 0 Å². The predicted molar refractivity (Wildman–Crippen MR) is 129 cm³/mol. The molecule has 3 aliphatic rings. The fourth-order valence-corrected chi connectivity index (χ4v) is 6.48. The van der Waals surface area contributed by atoms with Crippen LogP contribution in [0.25, 0.3) is 0 Å². The van der Waals surface area contributed by atoms with E-state index in [9.17, 15) is 4.79 Å². The molecule has 1 aromatic rings. The number of likely N-dealkylation sites (N-methyl/N-ethyl adjacent to an activating group) is 1. The molecule has 32 heavy (non-hydrogen) atoms. The maximum absolute atomic E-state index is 13.6. The molecule has 1 amide bonds. The highest BCUT2D eigenvalue weighted by Gasteiger charge is 2.40. The summed E-state index contributed by atoms with van der Waals surface area (Å²) in [6.45, 7) is 11.7. The van der Waals surface area contributed by atoms with Crippen molar-refractivity contribution in [1.29, 1.82) is 0 Å². The van der Waals surface area contributed by atoms with Crippen molar-refractivity contribution in [3.05, 3.63) is 17.1 Å². The fourth-order valence-electron chi connectivity index (χ4n) is 6.48. The summed E-state index contributed by atoms with van der Waals surface area (Å²) in [5, 5.41) is 7.04. The van der Waals surface area contributed by atoms with Crippen molar-refractivity contribution in [2.75, 3.05) is 32.5 Å².